The van der Waals surface area contributed by atoms with E-state index in [0.717, 1.165) is 29.1 Å². The van der Waals surface area contributed by atoms with Crippen LogP contribution in [0.1, 0.15) is 5.82 Å². The summed E-state index contributed by atoms with van der Waals surface area (Å²) in [7, 11) is 1.93. The van der Waals surface area contributed by atoms with E-state index in [1.807, 2.05) is 11.9 Å². The summed E-state index contributed by atoms with van der Waals surface area (Å²) in [5.41, 5.74) is 0. The summed E-state index contributed by atoms with van der Waals surface area (Å²) in [6.07, 6.45) is 7.39. The first-order valence-electron chi connectivity index (χ1n) is 5.30. The maximum absolute atomic E-state index is 5.79. The molecule has 2 rings (SSSR count). The minimum Gasteiger partial charge on any atom is -0.358 e. The van der Waals surface area contributed by atoms with Gasteiger partial charge in [-0.3, -0.25) is 4.98 Å². The molecule has 0 aliphatic heterocycles. The summed E-state index contributed by atoms with van der Waals surface area (Å²) >= 11 is 9.10. The standard InChI is InChI=1S/C11H11BrClN5/c1-18(11-7-14-6-9(13)17-11)3-2-10-15-4-8(12)5-16-10/h4-7H,2-3H2,1H3. The second kappa shape index (κ2) is 6.06. The van der Waals surface area contributed by atoms with Crippen molar-refractivity contribution in [2.75, 3.05) is 18.5 Å². The fourth-order valence-corrected chi connectivity index (χ4v) is 1.71. The maximum atomic E-state index is 5.79. The van der Waals surface area contributed by atoms with E-state index in [2.05, 4.69) is 35.9 Å². The summed E-state index contributed by atoms with van der Waals surface area (Å²) in [4.78, 5) is 18.6. The smallest absolute Gasteiger partial charge is 0.149 e. The molecule has 0 radical (unpaired) electrons. The van der Waals surface area contributed by atoms with E-state index in [0.29, 0.717) is 5.15 Å². The molecule has 0 bridgehead atoms. The molecule has 0 aromatic carbocycles. The lowest BCUT2D eigenvalue weighted by Crippen LogP contribution is -2.22. The Kier molecular flexibility index (Phi) is 4.43. The molecule has 2 heterocycles. The third-order valence-electron chi connectivity index (χ3n) is 2.33. The molecule has 0 aliphatic rings. The highest BCUT2D eigenvalue weighted by atomic mass is 79.9. The van der Waals surface area contributed by atoms with Gasteiger partial charge in [-0.15, -0.1) is 0 Å². The Bertz CT molecular complexity index is 519. The molecule has 0 amide bonds. The van der Waals surface area contributed by atoms with E-state index < -0.39 is 0 Å². The molecule has 0 fully saturated rings. The van der Waals surface area contributed by atoms with Crippen molar-refractivity contribution in [3.8, 4) is 0 Å². The summed E-state index contributed by atoms with van der Waals surface area (Å²) in [5.74, 6) is 1.53. The maximum Gasteiger partial charge on any atom is 0.149 e. The van der Waals surface area contributed by atoms with E-state index in [1.165, 1.54) is 6.20 Å². The Morgan fingerprint density at radius 1 is 1.22 bits per heavy atom. The van der Waals surface area contributed by atoms with Crippen molar-refractivity contribution in [2.45, 2.75) is 6.42 Å². The van der Waals surface area contributed by atoms with Gasteiger partial charge in [0.05, 0.1) is 16.9 Å². The monoisotopic (exact) mass is 327 g/mol. The molecule has 0 aliphatic carbocycles. The van der Waals surface area contributed by atoms with Crippen molar-refractivity contribution in [3.63, 3.8) is 0 Å². The lowest BCUT2D eigenvalue weighted by molar-refractivity contribution is 0.805. The van der Waals surface area contributed by atoms with Crippen LogP contribution >= 0.6 is 27.5 Å². The number of anilines is 1. The van der Waals surface area contributed by atoms with Gasteiger partial charge in [-0.05, 0) is 15.9 Å². The molecule has 0 saturated heterocycles. The first-order valence-corrected chi connectivity index (χ1v) is 6.47. The average molecular weight is 329 g/mol. The second-order valence-electron chi connectivity index (χ2n) is 3.69. The topological polar surface area (TPSA) is 54.8 Å². The van der Waals surface area contributed by atoms with Crippen LogP contribution in [0.4, 0.5) is 5.82 Å². The quantitative estimate of drug-likeness (QED) is 0.862. The Morgan fingerprint density at radius 3 is 2.61 bits per heavy atom. The number of rotatable bonds is 4. The van der Waals surface area contributed by atoms with Gasteiger partial charge in [0, 0.05) is 32.4 Å². The van der Waals surface area contributed by atoms with Crippen molar-refractivity contribution in [2.24, 2.45) is 0 Å². The molecule has 7 heteroatoms. The molecule has 2 aromatic rings. The van der Waals surface area contributed by atoms with Crippen LogP contribution < -0.4 is 4.90 Å². The van der Waals surface area contributed by atoms with Crippen LogP contribution in [0.25, 0.3) is 0 Å². The van der Waals surface area contributed by atoms with Gasteiger partial charge in [0.1, 0.15) is 16.8 Å². The average Bonchev–Trinajstić information content (AvgIpc) is 2.38. The summed E-state index contributed by atoms with van der Waals surface area (Å²) in [6, 6.07) is 0. The van der Waals surface area contributed by atoms with Crippen LogP contribution in [0.5, 0.6) is 0 Å². The molecule has 0 unspecified atom stereocenters. The summed E-state index contributed by atoms with van der Waals surface area (Å²) < 4.78 is 0.875. The van der Waals surface area contributed by atoms with Crippen molar-refractivity contribution in [1.82, 2.24) is 19.9 Å². The molecule has 18 heavy (non-hydrogen) atoms. The molecule has 0 spiro atoms. The van der Waals surface area contributed by atoms with Crippen LogP contribution in [-0.4, -0.2) is 33.5 Å². The van der Waals surface area contributed by atoms with Crippen molar-refractivity contribution < 1.29 is 0 Å². The van der Waals surface area contributed by atoms with E-state index in [9.17, 15) is 0 Å². The SMILES string of the molecule is CN(CCc1ncc(Br)cn1)c1cncc(Cl)n1. The minimum absolute atomic E-state index is 0.388. The van der Waals surface area contributed by atoms with Crippen molar-refractivity contribution in [1.29, 1.82) is 0 Å². The third-order valence-corrected chi connectivity index (χ3v) is 2.92. The molecule has 5 nitrogen and oxygen atoms in total. The van der Waals surface area contributed by atoms with Crippen LogP contribution in [0, 0.1) is 0 Å². The number of likely N-dealkylation sites (N-methyl/N-ethyl adjacent to an activating group) is 1. The van der Waals surface area contributed by atoms with Crippen LogP contribution in [0.3, 0.4) is 0 Å². The van der Waals surface area contributed by atoms with Gasteiger partial charge in [-0.25, -0.2) is 15.0 Å². The van der Waals surface area contributed by atoms with Crippen molar-refractivity contribution in [3.05, 3.63) is 40.2 Å². The van der Waals surface area contributed by atoms with Gasteiger partial charge < -0.3 is 4.90 Å². The van der Waals surface area contributed by atoms with Gasteiger partial charge in [-0.1, -0.05) is 11.6 Å². The molecule has 0 saturated carbocycles. The highest BCUT2D eigenvalue weighted by Gasteiger charge is 2.05. The summed E-state index contributed by atoms with van der Waals surface area (Å²) in [5, 5.41) is 0.388. The van der Waals surface area contributed by atoms with Gasteiger partial charge in [-0.2, -0.15) is 0 Å². The van der Waals surface area contributed by atoms with E-state index in [-0.39, 0.29) is 0 Å². The Balaban J connectivity index is 1.96. The predicted octanol–water partition coefficient (Wildman–Crippen LogP) is 2.36. The molecule has 94 valence electrons. The summed E-state index contributed by atoms with van der Waals surface area (Å²) in [6.45, 7) is 0.747. The highest BCUT2D eigenvalue weighted by Crippen LogP contribution is 2.11. The molecule has 2 aromatic heterocycles. The van der Waals surface area contributed by atoms with E-state index in [4.69, 9.17) is 11.6 Å². The zero-order valence-corrected chi connectivity index (χ0v) is 12.1. The zero-order valence-electron chi connectivity index (χ0n) is 9.72. The number of hydrogen-bond acceptors (Lipinski definition) is 5. The van der Waals surface area contributed by atoms with Crippen LogP contribution in [-0.2, 0) is 6.42 Å². The van der Waals surface area contributed by atoms with E-state index in [1.54, 1.807) is 18.6 Å². The van der Waals surface area contributed by atoms with Gasteiger partial charge in [0.2, 0.25) is 0 Å². The highest BCUT2D eigenvalue weighted by molar-refractivity contribution is 9.10. The first-order chi connectivity index (χ1) is 8.65. The number of aromatic nitrogens is 4. The first kappa shape index (κ1) is 13.2. The predicted molar refractivity (Wildman–Crippen MR) is 73.7 cm³/mol. The van der Waals surface area contributed by atoms with Crippen LogP contribution in [0.2, 0.25) is 5.15 Å². The van der Waals surface area contributed by atoms with Gasteiger partial charge in [0.25, 0.3) is 0 Å². The normalized spacial score (nSPS) is 10.4. The number of nitrogens with zero attached hydrogens (tertiary/aromatic N) is 5. The second-order valence-corrected chi connectivity index (χ2v) is 4.99. The lowest BCUT2D eigenvalue weighted by Gasteiger charge is -2.16. The largest absolute Gasteiger partial charge is 0.358 e. The van der Waals surface area contributed by atoms with E-state index >= 15 is 0 Å². The molecule has 0 N–H and O–H groups in total. The molecule has 0 atom stereocenters. The Labute approximate surface area is 118 Å². The number of hydrogen-bond donors (Lipinski definition) is 0. The van der Waals surface area contributed by atoms with Crippen molar-refractivity contribution >= 4 is 33.3 Å². The van der Waals surface area contributed by atoms with Gasteiger partial charge >= 0.3 is 0 Å². The molecular weight excluding hydrogens is 318 g/mol. The fraction of sp³-hybridized carbons (Fsp3) is 0.273. The zero-order chi connectivity index (χ0) is 13.0. The lowest BCUT2D eigenvalue weighted by atomic mass is 10.3. The number of halogens is 2. The Hall–Kier alpha value is -1.27. The third kappa shape index (κ3) is 3.61. The van der Waals surface area contributed by atoms with Crippen LogP contribution in [0.15, 0.2) is 29.3 Å². The fourth-order valence-electron chi connectivity index (χ4n) is 1.37. The minimum atomic E-state index is 0.388. The Morgan fingerprint density at radius 2 is 1.94 bits per heavy atom. The molecular formula is C11H11BrClN5. The van der Waals surface area contributed by atoms with Gasteiger partial charge in [0.15, 0.2) is 0 Å².